The van der Waals surface area contributed by atoms with Crippen LogP contribution in [-0.2, 0) is 17.8 Å². The summed E-state index contributed by atoms with van der Waals surface area (Å²) in [6, 6.07) is 8.42. The Morgan fingerprint density at radius 1 is 1.12 bits per heavy atom. The van der Waals surface area contributed by atoms with E-state index in [0.717, 1.165) is 32.4 Å². The van der Waals surface area contributed by atoms with Gasteiger partial charge in [-0.1, -0.05) is 24.3 Å². The van der Waals surface area contributed by atoms with Gasteiger partial charge >= 0.3 is 0 Å². The molecule has 0 unspecified atom stereocenters. The predicted molar refractivity (Wildman–Crippen MR) is 68.5 cm³/mol. The fourth-order valence-electron chi connectivity index (χ4n) is 2.23. The summed E-state index contributed by atoms with van der Waals surface area (Å²) >= 11 is 0. The topological polar surface area (TPSA) is 46.3 Å². The maximum atomic E-state index is 11.7. The van der Waals surface area contributed by atoms with E-state index in [1.165, 1.54) is 11.1 Å². The van der Waals surface area contributed by atoms with Crippen LogP contribution in [0.5, 0.6) is 0 Å². The maximum Gasteiger partial charge on any atom is 0.222 e. The molecule has 1 fully saturated rings. The first-order chi connectivity index (χ1) is 8.29. The van der Waals surface area contributed by atoms with Crippen molar-refractivity contribution in [3.63, 3.8) is 0 Å². The van der Waals surface area contributed by atoms with Crippen LogP contribution in [0.15, 0.2) is 24.3 Å². The van der Waals surface area contributed by atoms with Gasteiger partial charge in [0.15, 0.2) is 0 Å². The number of piperidine rings is 1. The zero-order valence-corrected chi connectivity index (χ0v) is 10.2. The molecular formula is C14H20N2O. The van der Waals surface area contributed by atoms with Gasteiger partial charge in [-0.25, -0.2) is 0 Å². The Balaban J connectivity index is 1.95. The van der Waals surface area contributed by atoms with Crippen molar-refractivity contribution in [2.24, 2.45) is 5.73 Å². The van der Waals surface area contributed by atoms with Crippen LogP contribution < -0.4 is 5.73 Å². The highest BCUT2D eigenvalue weighted by atomic mass is 16.2. The van der Waals surface area contributed by atoms with Gasteiger partial charge in [-0.3, -0.25) is 4.79 Å². The number of hydrogen-bond acceptors (Lipinski definition) is 2. The highest BCUT2D eigenvalue weighted by molar-refractivity contribution is 5.76. The highest BCUT2D eigenvalue weighted by Crippen LogP contribution is 2.14. The molecule has 1 heterocycles. The molecule has 1 saturated heterocycles. The van der Waals surface area contributed by atoms with E-state index in [0.29, 0.717) is 18.9 Å². The van der Waals surface area contributed by atoms with E-state index in [9.17, 15) is 4.79 Å². The maximum absolute atomic E-state index is 11.7. The van der Waals surface area contributed by atoms with Crippen LogP contribution in [0.4, 0.5) is 0 Å². The molecular weight excluding hydrogens is 212 g/mol. The van der Waals surface area contributed by atoms with E-state index in [1.807, 2.05) is 4.90 Å². The molecule has 1 aliphatic rings. The van der Waals surface area contributed by atoms with Crippen molar-refractivity contribution in [1.82, 2.24) is 4.90 Å². The standard InChI is InChI=1S/C14H20N2O/c15-9-8-12-4-6-13(7-5-12)11-16-10-2-1-3-14(16)17/h4-7H,1-3,8-11,15H2. The molecule has 92 valence electrons. The summed E-state index contributed by atoms with van der Waals surface area (Å²) in [6.45, 7) is 2.34. The molecule has 3 nitrogen and oxygen atoms in total. The summed E-state index contributed by atoms with van der Waals surface area (Å²) in [6.07, 6.45) is 3.82. The van der Waals surface area contributed by atoms with Crippen LogP contribution in [0.3, 0.4) is 0 Å². The lowest BCUT2D eigenvalue weighted by Gasteiger charge is -2.26. The number of carbonyl (C=O) groups is 1. The lowest BCUT2D eigenvalue weighted by molar-refractivity contribution is -0.133. The molecule has 2 rings (SSSR count). The van der Waals surface area contributed by atoms with E-state index >= 15 is 0 Å². The van der Waals surface area contributed by atoms with E-state index in [4.69, 9.17) is 5.73 Å². The number of hydrogen-bond donors (Lipinski definition) is 1. The fourth-order valence-corrected chi connectivity index (χ4v) is 2.23. The Hall–Kier alpha value is -1.35. The molecule has 1 amide bonds. The van der Waals surface area contributed by atoms with Crippen LogP contribution in [0.2, 0.25) is 0 Å². The Bertz CT molecular complexity index is 372. The minimum atomic E-state index is 0.294. The molecule has 1 aliphatic heterocycles. The average Bonchev–Trinajstić information content (AvgIpc) is 2.35. The second-order valence-corrected chi connectivity index (χ2v) is 4.63. The number of amides is 1. The average molecular weight is 232 g/mol. The fraction of sp³-hybridized carbons (Fsp3) is 0.500. The molecule has 17 heavy (non-hydrogen) atoms. The predicted octanol–water partition coefficient (Wildman–Crippen LogP) is 1.70. The third-order valence-electron chi connectivity index (χ3n) is 3.25. The smallest absolute Gasteiger partial charge is 0.222 e. The lowest BCUT2D eigenvalue weighted by atomic mass is 10.1. The first-order valence-electron chi connectivity index (χ1n) is 6.35. The van der Waals surface area contributed by atoms with E-state index < -0.39 is 0 Å². The molecule has 0 spiro atoms. The van der Waals surface area contributed by atoms with Gasteiger partial charge in [-0.15, -0.1) is 0 Å². The Morgan fingerprint density at radius 3 is 2.47 bits per heavy atom. The van der Waals surface area contributed by atoms with Gasteiger partial charge in [0.1, 0.15) is 0 Å². The summed E-state index contributed by atoms with van der Waals surface area (Å²) in [7, 11) is 0. The number of benzene rings is 1. The molecule has 1 aromatic rings. The summed E-state index contributed by atoms with van der Waals surface area (Å²) in [5.41, 5.74) is 7.99. The monoisotopic (exact) mass is 232 g/mol. The summed E-state index contributed by atoms with van der Waals surface area (Å²) in [4.78, 5) is 13.6. The Labute approximate surface area is 103 Å². The Kier molecular flexibility index (Phi) is 4.15. The highest BCUT2D eigenvalue weighted by Gasteiger charge is 2.17. The number of nitrogens with two attached hydrogens (primary N) is 1. The van der Waals surface area contributed by atoms with Gasteiger partial charge in [-0.2, -0.15) is 0 Å². The SMILES string of the molecule is NCCc1ccc(CN2CCCCC2=O)cc1. The van der Waals surface area contributed by atoms with Crippen molar-refractivity contribution in [3.8, 4) is 0 Å². The number of likely N-dealkylation sites (tertiary alicyclic amines) is 1. The zero-order chi connectivity index (χ0) is 12.1. The van der Waals surface area contributed by atoms with Gasteiger partial charge in [0.05, 0.1) is 0 Å². The van der Waals surface area contributed by atoms with Crippen molar-refractivity contribution in [2.45, 2.75) is 32.2 Å². The summed E-state index contributed by atoms with van der Waals surface area (Å²) in [5.74, 6) is 0.294. The number of carbonyl (C=O) groups excluding carboxylic acids is 1. The second-order valence-electron chi connectivity index (χ2n) is 4.63. The Morgan fingerprint density at radius 2 is 1.82 bits per heavy atom. The molecule has 0 atom stereocenters. The van der Waals surface area contributed by atoms with Crippen LogP contribution in [0.25, 0.3) is 0 Å². The number of rotatable bonds is 4. The third kappa shape index (κ3) is 3.30. The molecule has 1 aromatic carbocycles. The van der Waals surface area contributed by atoms with Crippen molar-refractivity contribution < 1.29 is 4.79 Å². The minimum Gasteiger partial charge on any atom is -0.338 e. The van der Waals surface area contributed by atoms with Gasteiger partial charge in [-0.05, 0) is 36.9 Å². The lowest BCUT2D eigenvalue weighted by Crippen LogP contribution is -2.34. The molecule has 3 heteroatoms. The van der Waals surface area contributed by atoms with Crippen molar-refractivity contribution >= 4 is 5.91 Å². The van der Waals surface area contributed by atoms with Gasteiger partial charge in [0, 0.05) is 19.5 Å². The summed E-state index contributed by atoms with van der Waals surface area (Å²) in [5, 5.41) is 0. The van der Waals surface area contributed by atoms with Crippen molar-refractivity contribution in [2.75, 3.05) is 13.1 Å². The van der Waals surface area contributed by atoms with Crippen LogP contribution >= 0.6 is 0 Å². The van der Waals surface area contributed by atoms with Crippen molar-refractivity contribution in [1.29, 1.82) is 0 Å². The van der Waals surface area contributed by atoms with Gasteiger partial charge in [0.2, 0.25) is 5.91 Å². The molecule has 2 N–H and O–H groups in total. The summed E-state index contributed by atoms with van der Waals surface area (Å²) < 4.78 is 0. The van der Waals surface area contributed by atoms with Crippen LogP contribution in [-0.4, -0.2) is 23.9 Å². The third-order valence-corrected chi connectivity index (χ3v) is 3.25. The second kappa shape index (κ2) is 5.82. The van der Waals surface area contributed by atoms with E-state index in [2.05, 4.69) is 24.3 Å². The van der Waals surface area contributed by atoms with Gasteiger partial charge in [0.25, 0.3) is 0 Å². The largest absolute Gasteiger partial charge is 0.338 e. The molecule has 0 aliphatic carbocycles. The first-order valence-corrected chi connectivity index (χ1v) is 6.35. The number of nitrogens with zero attached hydrogens (tertiary/aromatic N) is 1. The van der Waals surface area contributed by atoms with Crippen LogP contribution in [0, 0.1) is 0 Å². The van der Waals surface area contributed by atoms with Gasteiger partial charge < -0.3 is 10.6 Å². The van der Waals surface area contributed by atoms with Crippen LogP contribution in [0.1, 0.15) is 30.4 Å². The minimum absolute atomic E-state index is 0.294. The van der Waals surface area contributed by atoms with Crippen molar-refractivity contribution in [3.05, 3.63) is 35.4 Å². The first kappa shape index (κ1) is 12.1. The van der Waals surface area contributed by atoms with E-state index in [1.54, 1.807) is 0 Å². The molecule has 0 radical (unpaired) electrons. The molecule has 0 aromatic heterocycles. The normalized spacial score (nSPS) is 16.3. The molecule has 0 saturated carbocycles. The molecule has 0 bridgehead atoms. The zero-order valence-electron chi connectivity index (χ0n) is 10.2. The van der Waals surface area contributed by atoms with E-state index in [-0.39, 0.29) is 0 Å². The quantitative estimate of drug-likeness (QED) is 0.859.